The Kier molecular flexibility index (Phi) is 6.35. The molecule has 0 bridgehead atoms. The van der Waals surface area contributed by atoms with Gasteiger partial charge in [0.05, 0.1) is 18.9 Å². The minimum Gasteiger partial charge on any atom is -0.396 e. The van der Waals surface area contributed by atoms with E-state index in [1.54, 1.807) is 0 Å². The van der Waals surface area contributed by atoms with Crippen LogP contribution in [0.4, 0.5) is 5.69 Å². The lowest BCUT2D eigenvalue weighted by Gasteiger charge is -2.23. The molecule has 2 heterocycles. The molecule has 1 aromatic heterocycles. The Labute approximate surface area is 155 Å². The number of fused-ring (bicyclic) bond motifs is 1. The minimum absolute atomic E-state index is 0.0161. The van der Waals surface area contributed by atoms with Crippen molar-refractivity contribution < 1.29 is 15.3 Å². The normalized spacial score (nSPS) is 13.2. The van der Waals surface area contributed by atoms with Crippen LogP contribution in [-0.2, 0) is 26.2 Å². The molecule has 142 valence electrons. The Morgan fingerprint density at radius 2 is 1.73 bits per heavy atom. The second-order valence-electron chi connectivity index (χ2n) is 6.88. The van der Waals surface area contributed by atoms with E-state index in [0.29, 0.717) is 0 Å². The standard InChI is InChI=1S/C21H30N2O3/c1-2-22(11-3-4-13-24)17-9-7-16(8-10-17)21-19(15-26)18(14-25)20-6-5-12-23(20)21/h7-10,24-26H,2-6,11-15H2,1H3. The van der Waals surface area contributed by atoms with Crippen LogP contribution < -0.4 is 4.90 Å². The molecule has 0 spiro atoms. The van der Waals surface area contributed by atoms with Gasteiger partial charge in [0.1, 0.15) is 0 Å². The highest BCUT2D eigenvalue weighted by atomic mass is 16.3. The molecule has 1 aromatic carbocycles. The van der Waals surface area contributed by atoms with E-state index in [-0.39, 0.29) is 19.8 Å². The van der Waals surface area contributed by atoms with Crippen molar-refractivity contribution in [2.75, 3.05) is 24.6 Å². The van der Waals surface area contributed by atoms with Crippen molar-refractivity contribution in [3.8, 4) is 11.3 Å². The quantitative estimate of drug-likeness (QED) is 0.603. The smallest absolute Gasteiger partial charge is 0.0706 e. The maximum atomic E-state index is 9.90. The molecule has 2 aromatic rings. The van der Waals surface area contributed by atoms with Crippen LogP contribution in [0.5, 0.6) is 0 Å². The SMILES string of the molecule is CCN(CCCCO)c1ccc(-c2c(CO)c(CO)c3n2CCC3)cc1. The molecule has 26 heavy (non-hydrogen) atoms. The Bertz CT molecular complexity index is 722. The lowest BCUT2D eigenvalue weighted by molar-refractivity contribution is 0.260. The van der Waals surface area contributed by atoms with Crippen molar-refractivity contribution in [2.45, 2.75) is 52.4 Å². The van der Waals surface area contributed by atoms with Crippen LogP contribution in [0.1, 0.15) is 43.0 Å². The van der Waals surface area contributed by atoms with Gasteiger partial charge in [0.25, 0.3) is 0 Å². The molecule has 1 aliphatic rings. The fourth-order valence-corrected chi connectivity index (χ4v) is 4.12. The van der Waals surface area contributed by atoms with Crippen molar-refractivity contribution >= 4 is 5.69 Å². The first-order chi connectivity index (χ1) is 12.7. The summed E-state index contributed by atoms with van der Waals surface area (Å²) in [7, 11) is 0. The number of aliphatic hydroxyl groups is 3. The Morgan fingerprint density at radius 1 is 1.00 bits per heavy atom. The number of hydrogen-bond donors (Lipinski definition) is 3. The summed E-state index contributed by atoms with van der Waals surface area (Å²) in [5.74, 6) is 0. The van der Waals surface area contributed by atoms with Crippen LogP contribution in [-0.4, -0.2) is 39.6 Å². The van der Waals surface area contributed by atoms with Crippen LogP contribution in [0.2, 0.25) is 0 Å². The fraction of sp³-hybridized carbons (Fsp3) is 0.524. The molecule has 0 unspecified atom stereocenters. The summed E-state index contributed by atoms with van der Waals surface area (Å²) < 4.78 is 2.27. The van der Waals surface area contributed by atoms with Gasteiger partial charge in [0, 0.05) is 48.7 Å². The number of aromatic nitrogens is 1. The predicted octanol–water partition coefficient (Wildman–Crippen LogP) is 2.68. The van der Waals surface area contributed by atoms with Gasteiger partial charge in [-0.25, -0.2) is 0 Å². The zero-order valence-corrected chi connectivity index (χ0v) is 15.6. The lowest BCUT2D eigenvalue weighted by Crippen LogP contribution is -2.23. The highest BCUT2D eigenvalue weighted by Gasteiger charge is 2.25. The van der Waals surface area contributed by atoms with Gasteiger partial charge < -0.3 is 24.8 Å². The first-order valence-corrected chi connectivity index (χ1v) is 9.66. The van der Waals surface area contributed by atoms with Crippen LogP contribution in [0.15, 0.2) is 24.3 Å². The van der Waals surface area contributed by atoms with E-state index in [9.17, 15) is 10.2 Å². The maximum Gasteiger partial charge on any atom is 0.0706 e. The van der Waals surface area contributed by atoms with Gasteiger partial charge in [-0.3, -0.25) is 0 Å². The summed E-state index contributed by atoms with van der Waals surface area (Å²) >= 11 is 0. The Morgan fingerprint density at radius 3 is 2.35 bits per heavy atom. The number of rotatable bonds is 9. The molecule has 0 amide bonds. The van der Waals surface area contributed by atoms with Crippen LogP contribution >= 0.6 is 0 Å². The molecule has 5 nitrogen and oxygen atoms in total. The van der Waals surface area contributed by atoms with E-state index in [1.807, 2.05) is 0 Å². The second kappa shape index (κ2) is 8.71. The van der Waals surface area contributed by atoms with Gasteiger partial charge in [-0.15, -0.1) is 0 Å². The number of benzene rings is 1. The van der Waals surface area contributed by atoms with Gasteiger partial charge in [-0.2, -0.15) is 0 Å². The fourth-order valence-electron chi connectivity index (χ4n) is 4.12. The third kappa shape index (κ3) is 3.52. The topological polar surface area (TPSA) is 68.9 Å². The van der Waals surface area contributed by atoms with Crippen molar-refractivity contribution in [1.82, 2.24) is 4.57 Å². The summed E-state index contributed by atoms with van der Waals surface area (Å²) in [6.45, 7) is 5.14. The lowest BCUT2D eigenvalue weighted by atomic mass is 10.0. The summed E-state index contributed by atoms with van der Waals surface area (Å²) in [5, 5.41) is 28.6. The summed E-state index contributed by atoms with van der Waals surface area (Å²) in [6.07, 6.45) is 3.87. The maximum absolute atomic E-state index is 9.90. The molecule has 0 fully saturated rings. The highest BCUT2D eigenvalue weighted by Crippen LogP contribution is 2.36. The number of anilines is 1. The molecule has 5 heteroatoms. The van der Waals surface area contributed by atoms with Crippen molar-refractivity contribution in [3.63, 3.8) is 0 Å². The Hall–Kier alpha value is -1.82. The molecule has 0 saturated heterocycles. The van der Waals surface area contributed by atoms with Gasteiger partial charge in [-0.05, 0) is 50.3 Å². The predicted molar refractivity (Wildman–Crippen MR) is 104 cm³/mol. The van der Waals surface area contributed by atoms with Crippen molar-refractivity contribution in [2.24, 2.45) is 0 Å². The molecule has 0 atom stereocenters. The average molecular weight is 358 g/mol. The van der Waals surface area contributed by atoms with Crippen LogP contribution in [0.25, 0.3) is 11.3 Å². The van der Waals surface area contributed by atoms with Crippen molar-refractivity contribution in [3.05, 3.63) is 41.1 Å². The number of hydrogen-bond acceptors (Lipinski definition) is 4. The van der Waals surface area contributed by atoms with E-state index < -0.39 is 0 Å². The number of aliphatic hydroxyl groups excluding tert-OH is 3. The number of unbranched alkanes of at least 4 members (excludes halogenated alkanes) is 1. The van der Waals surface area contributed by atoms with Crippen molar-refractivity contribution in [1.29, 1.82) is 0 Å². The molecule has 1 aliphatic heterocycles. The summed E-state index contributed by atoms with van der Waals surface area (Å²) in [5.41, 5.74) is 6.27. The summed E-state index contributed by atoms with van der Waals surface area (Å²) in [4.78, 5) is 2.31. The first kappa shape index (κ1) is 19.0. The third-order valence-electron chi connectivity index (χ3n) is 5.43. The van der Waals surface area contributed by atoms with E-state index in [2.05, 4.69) is 40.7 Å². The first-order valence-electron chi connectivity index (χ1n) is 9.66. The van der Waals surface area contributed by atoms with E-state index in [0.717, 1.165) is 67.7 Å². The van der Waals surface area contributed by atoms with Gasteiger partial charge in [-0.1, -0.05) is 12.1 Å². The molecular formula is C21H30N2O3. The zero-order chi connectivity index (χ0) is 18.5. The summed E-state index contributed by atoms with van der Waals surface area (Å²) in [6, 6.07) is 8.50. The molecule has 3 rings (SSSR count). The van der Waals surface area contributed by atoms with Crippen LogP contribution in [0.3, 0.4) is 0 Å². The molecule has 0 saturated carbocycles. The molecule has 0 radical (unpaired) electrons. The average Bonchev–Trinajstić information content (AvgIpc) is 3.25. The van der Waals surface area contributed by atoms with Gasteiger partial charge in [0.2, 0.25) is 0 Å². The molecular weight excluding hydrogens is 328 g/mol. The third-order valence-corrected chi connectivity index (χ3v) is 5.43. The molecule has 0 aliphatic carbocycles. The van der Waals surface area contributed by atoms with E-state index >= 15 is 0 Å². The minimum atomic E-state index is -0.0464. The van der Waals surface area contributed by atoms with Gasteiger partial charge in [0.15, 0.2) is 0 Å². The van der Waals surface area contributed by atoms with Gasteiger partial charge >= 0.3 is 0 Å². The zero-order valence-electron chi connectivity index (χ0n) is 15.6. The van der Waals surface area contributed by atoms with E-state index in [1.165, 1.54) is 11.4 Å². The molecule has 3 N–H and O–H groups in total. The Balaban J connectivity index is 1.89. The number of nitrogens with zero attached hydrogens (tertiary/aromatic N) is 2. The second-order valence-corrected chi connectivity index (χ2v) is 6.88. The monoisotopic (exact) mass is 358 g/mol. The van der Waals surface area contributed by atoms with E-state index in [4.69, 9.17) is 5.11 Å². The largest absolute Gasteiger partial charge is 0.396 e. The van der Waals surface area contributed by atoms with Crippen LogP contribution in [0, 0.1) is 0 Å². The highest BCUT2D eigenvalue weighted by molar-refractivity contribution is 5.70.